The topological polar surface area (TPSA) is 65.1 Å². The summed E-state index contributed by atoms with van der Waals surface area (Å²) in [6.45, 7) is 4.56. The molecule has 8 heteroatoms. The highest BCUT2D eigenvalue weighted by Crippen LogP contribution is 2.37. The molecule has 1 aliphatic rings. The first-order valence-corrected chi connectivity index (χ1v) is 9.19. The molecule has 1 aromatic rings. The van der Waals surface area contributed by atoms with Crippen LogP contribution in [0.15, 0.2) is 15.7 Å². The SMILES string of the molecule is CCOCCOC1CN(CCOC)S(=O)(=O)c2sccc21. The lowest BCUT2D eigenvalue weighted by Gasteiger charge is -2.31. The summed E-state index contributed by atoms with van der Waals surface area (Å²) in [6, 6.07) is 1.83. The van der Waals surface area contributed by atoms with Crippen molar-refractivity contribution in [2.45, 2.75) is 17.2 Å². The molecule has 1 atom stereocenters. The zero-order chi connectivity index (χ0) is 15.3. The molecule has 0 aromatic carbocycles. The van der Waals surface area contributed by atoms with Crippen LogP contribution in [-0.4, -0.2) is 59.3 Å². The van der Waals surface area contributed by atoms with Gasteiger partial charge in [-0.3, -0.25) is 0 Å². The minimum absolute atomic E-state index is 0.243. The average molecular weight is 335 g/mol. The summed E-state index contributed by atoms with van der Waals surface area (Å²) in [6.07, 6.45) is -0.243. The normalized spacial score (nSPS) is 21.3. The number of ether oxygens (including phenoxy) is 3. The lowest BCUT2D eigenvalue weighted by molar-refractivity contribution is -0.00512. The van der Waals surface area contributed by atoms with Gasteiger partial charge in [-0.1, -0.05) is 0 Å². The van der Waals surface area contributed by atoms with Crippen molar-refractivity contribution in [3.8, 4) is 0 Å². The second kappa shape index (κ2) is 7.66. The van der Waals surface area contributed by atoms with Gasteiger partial charge in [-0.15, -0.1) is 11.3 Å². The fourth-order valence-electron chi connectivity index (χ4n) is 2.19. The van der Waals surface area contributed by atoms with Gasteiger partial charge >= 0.3 is 0 Å². The number of methoxy groups -OCH3 is 1. The zero-order valence-corrected chi connectivity index (χ0v) is 13.9. The van der Waals surface area contributed by atoms with Crippen molar-refractivity contribution >= 4 is 21.4 Å². The van der Waals surface area contributed by atoms with E-state index in [2.05, 4.69) is 0 Å². The Morgan fingerprint density at radius 2 is 2.19 bits per heavy atom. The Morgan fingerprint density at radius 1 is 1.38 bits per heavy atom. The van der Waals surface area contributed by atoms with Crippen molar-refractivity contribution in [1.29, 1.82) is 0 Å². The smallest absolute Gasteiger partial charge is 0.253 e. The maximum Gasteiger partial charge on any atom is 0.253 e. The minimum atomic E-state index is -3.42. The lowest BCUT2D eigenvalue weighted by atomic mass is 10.2. The molecule has 0 spiro atoms. The van der Waals surface area contributed by atoms with Gasteiger partial charge in [0.15, 0.2) is 0 Å². The summed E-state index contributed by atoms with van der Waals surface area (Å²) in [5, 5.41) is 1.79. The molecule has 1 unspecified atom stereocenters. The first-order chi connectivity index (χ1) is 10.1. The molecule has 2 heterocycles. The Hall–Kier alpha value is -0.510. The molecule has 0 saturated heterocycles. The number of rotatable bonds is 8. The standard InChI is InChI=1S/C13H21NO5S2/c1-3-18-7-8-19-12-10-14(5-6-17-2)21(15,16)13-11(12)4-9-20-13/h4,9,12H,3,5-8,10H2,1-2H3. The molecule has 21 heavy (non-hydrogen) atoms. The van der Waals surface area contributed by atoms with Crippen LogP contribution in [0.2, 0.25) is 0 Å². The van der Waals surface area contributed by atoms with E-state index in [4.69, 9.17) is 14.2 Å². The third-order valence-electron chi connectivity index (χ3n) is 3.24. The summed E-state index contributed by atoms with van der Waals surface area (Å²) in [4.78, 5) is 0. The molecule has 0 bridgehead atoms. The number of fused-ring (bicyclic) bond motifs is 1. The van der Waals surface area contributed by atoms with Gasteiger partial charge in [0, 0.05) is 32.4 Å². The number of nitrogens with zero attached hydrogens (tertiary/aromatic N) is 1. The molecule has 0 fully saturated rings. The van der Waals surface area contributed by atoms with Crippen LogP contribution in [0.4, 0.5) is 0 Å². The van der Waals surface area contributed by atoms with Crippen molar-refractivity contribution in [2.24, 2.45) is 0 Å². The minimum Gasteiger partial charge on any atom is -0.383 e. The molecule has 2 rings (SSSR count). The first kappa shape index (κ1) is 16.9. The molecular formula is C13H21NO5S2. The molecule has 0 saturated carbocycles. The summed E-state index contributed by atoms with van der Waals surface area (Å²) >= 11 is 1.24. The third kappa shape index (κ3) is 3.82. The Labute approximate surface area is 129 Å². The van der Waals surface area contributed by atoms with Gasteiger partial charge in [0.1, 0.15) is 4.21 Å². The van der Waals surface area contributed by atoms with Gasteiger partial charge in [-0.25, -0.2) is 8.42 Å². The molecule has 0 aliphatic carbocycles. The number of hydrogen-bond acceptors (Lipinski definition) is 6. The molecule has 120 valence electrons. The van der Waals surface area contributed by atoms with E-state index in [1.165, 1.54) is 15.6 Å². The quantitative estimate of drug-likeness (QED) is 0.674. The Bertz CT molecular complexity index is 543. The third-order valence-corrected chi connectivity index (χ3v) is 6.60. The van der Waals surface area contributed by atoms with Crippen molar-refractivity contribution in [1.82, 2.24) is 4.31 Å². The van der Waals surface area contributed by atoms with Crippen LogP contribution in [0.1, 0.15) is 18.6 Å². The molecule has 6 nitrogen and oxygen atoms in total. The molecular weight excluding hydrogens is 314 g/mol. The highest BCUT2D eigenvalue weighted by molar-refractivity contribution is 7.91. The maximum absolute atomic E-state index is 12.5. The molecule has 0 radical (unpaired) electrons. The highest BCUT2D eigenvalue weighted by atomic mass is 32.2. The summed E-state index contributed by atoms with van der Waals surface area (Å²) in [7, 11) is -1.86. The van der Waals surface area contributed by atoms with Crippen molar-refractivity contribution < 1.29 is 22.6 Å². The zero-order valence-electron chi connectivity index (χ0n) is 12.3. The first-order valence-electron chi connectivity index (χ1n) is 6.87. The Kier molecular flexibility index (Phi) is 6.15. The molecule has 1 aromatic heterocycles. The largest absolute Gasteiger partial charge is 0.383 e. The van der Waals surface area contributed by atoms with Crippen LogP contribution in [0.3, 0.4) is 0 Å². The van der Waals surface area contributed by atoms with Crippen LogP contribution >= 0.6 is 11.3 Å². The van der Waals surface area contributed by atoms with E-state index in [1.54, 1.807) is 12.5 Å². The van der Waals surface area contributed by atoms with Crippen molar-refractivity contribution in [2.75, 3.05) is 46.6 Å². The van der Waals surface area contributed by atoms with Crippen molar-refractivity contribution in [3.05, 3.63) is 17.0 Å². The summed E-state index contributed by atoms with van der Waals surface area (Å²) < 4.78 is 42.9. The van der Waals surface area contributed by atoms with E-state index in [9.17, 15) is 8.42 Å². The molecule has 1 aliphatic heterocycles. The second-order valence-corrected chi connectivity index (χ2v) is 7.62. The van der Waals surface area contributed by atoms with Gasteiger partial charge in [0.25, 0.3) is 10.0 Å². The fourth-order valence-corrected chi connectivity index (χ4v) is 5.21. The summed E-state index contributed by atoms with van der Waals surface area (Å²) in [5.74, 6) is 0. The van der Waals surface area contributed by atoms with E-state index < -0.39 is 10.0 Å². The van der Waals surface area contributed by atoms with Crippen LogP contribution in [0, 0.1) is 0 Å². The Balaban J connectivity index is 2.12. The van der Waals surface area contributed by atoms with Gasteiger partial charge in [0.05, 0.1) is 25.9 Å². The van der Waals surface area contributed by atoms with Gasteiger partial charge in [0.2, 0.25) is 0 Å². The van der Waals surface area contributed by atoms with E-state index >= 15 is 0 Å². The molecule has 0 N–H and O–H groups in total. The maximum atomic E-state index is 12.5. The predicted molar refractivity (Wildman–Crippen MR) is 80.1 cm³/mol. The van der Waals surface area contributed by atoms with Gasteiger partial charge in [-0.05, 0) is 18.4 Å². The van der Waals surface area contributed by atoms with Crippen molar-refractivity contribution in [3.63, 3.8) is 0 Å². The van der Waals surface area contributed by atoms with Crippen LogP contribution < -0.4 is 0 Å². The summed E-state index contributed by atoms with van der Waals surface area (Å²) in [5.41, 5.74) is 0.755. The van der Waals surface area contributed by atoms with Gasteiger partial charge < -0.3 is 14.2 Å². The van der Waals surface area contributed by atoms with E-state index in [1.807, 2.05) is 13.0 Å². The van der Waals surface area contributed by atoms with E-state index in [0.717, 1.165) is 5.56 Å². The number of hydrogen-bond donors (Lipinski definition) is 0. The average Bonchev–Trinajstić information content (AvgIpc) is 2.95. The second-order valence-electron chi connectivity index (χ2n) is 4.58. The Morgan fingerprint density at radius 3 is 2.90 bits per heavy atom. The van der Waals surface area contributed by atoms with E-state index in [0.29, 0.717) is 43.7 Å². The lowest BCUT2D eigenvalue weighted by Crippen LogP contribution is -2.41. The van der Waals surface area contributed by atoms with Gasteiger partial charge in [-0.2, -0.15) is 4.31 Å². The van der Waals surface area contributed by atoms with Crippen LogP contribution in [0.25, 0.3) is 0 Å². The molecule has 0 amide bonds. The van der Waals surface area contributed by atoms with Crippen LogP contribution in [0.5, 0.6) is 0 Å². The number of sulfonamides is 1. The van der Waals surface area contributed by atoms with E-state index in [-0.39, 0.29) is 6.10 Å². The fraction of sp³-hybridized carbons (Fsp3) is 0.692. The van der Waals surface area contributed by atoms with Crippen LogP contribution in [-0.2, 0) is 24.2 Å². The predicted octanol–water partition coefficient (Wildman–Crippen LogP) is 1.49. The number of thiophene rings is 1. The highest BCUT2D eigenvalue weighted by Gasteiger charge is 2.38. The monoisotopic (exact) mass is 335 g/mol.